The predicted octanol–water partition coefficient (Wildman–Crippen LogP) is 6.72. The van der Waals surface area contributed by atoms with Gasteiger partial charge in [0.2, 0.25) is 5.91 Å². The topological polar surface area (TPSA) is 74.9 Å². The zero-order valence-corrected chi connectivity index (χ0v) is 24.5. The Labute approximate surface area is 249 Å². The van der Waals surface area contributed by atoms with Crippen LogP contribution in [0.3, 0.4) is 0 Å². The number of ether oxygens (including phenoxy) is 2. The fraction of sp³-hybridized carbons (Fsp3) is 0.333. The summed E-state index contributed by atoms with van der Waals surface area (Å²) in [7, 11) is 2.98. The SMILES string of the molecule is CCCCN(CC(=O)N(CCc1c[nH]c2ccccc12)Cc1ccc(C(F)(F)F)cc1)C(=O)c1ccc(OC)cc1OC. The Morgan fingerprint density at radius 1 is 0.907 bits per heavy atom. The van der Waals surface area contributed by atoms with E-state index in [4.69, 9.17) is 9.47 Å². The summed E-state index contributed by atoms with van der Waals surface area (Å²) in [6.45, 7) is 2.57. The van der Waals surface area contributed by atoms with Crippen LogP contribution in [0.15, 0.2) is 72.9 Å². The molecule has 0 spiro atoms. The quantitative estimate of drug-likeness (QED) is 0.186. The van der Waals surface area contributed by atoms with Gasteiger partial charge >= 0.3 is 6.18 Å². The third kappa shape index (κ3) is 7.88. The van der Waals surface area contributed by atoms with E-state index in [0.29, 0.717) is 48.6 Å². The number of benzene rings is 3. The molecule has 10 heteroatoms. The molecule has 0 atom stereocenters. The lowest BCUT2D eigenvalue weighted by Gasteiger charge is -2.28. The first-order chi connectivity index (χ1) is 20.6. The number of alkyl halides is 3. The zero-order chi connectivity index (χ0) is 31.0. The molecule has 0 saturated carbocycles. The molecule has 0 unspecified atom stereocenters. The minimum absolute atomic E-state index is 0.0982. The van der Waals surface area contributed by atoms with Crippen molar-refractivity contribution >= 4 is 22.7 Å². The smallest absolute Gasteiger partial charge is 0.416 e. The molecule has 4 aromatic rings. The van der Waals surface area contributed by atoms with E-state index in [1.807, 2.05) is 37.4 Å². The third-order valence-electron chi connectivity index (χ3n) is 7.37. The highest BCUT2D eigenvalue weighted by Gasteiger charge is 2.30. The van der Waals surface area contributed by atoms with Gasteiger partial charge in [-0.2, -0.15) is 13.2 Å². The van der Waals surface area contributed by atoms with Gasteiger partial charge in [-0.1, -0.05) is 43.7 Å². The molecule has 43 heavy (non-hydrogen) atoms. The number of methoxy groups -OCH3 is 2. The minimum atomic E-state index is -4.45. The number of aromatic amines is 1. The summed E-state index contributed by atoms with van der Waals surface area (Å²) in [6.07, 6.45) is -0.532. The van der Waals surface area contributed by atoms with E-state index in [2.05, 4.69) is 4.98 Å². The summed E-state index contributed by atoms with van der Waals surface area (Å²) in [6, 6.07) is 17.5. The molecule has 228 valence electrons. The number of H-pyrrole nitrogens is 1. The second-order valence-electron chi connectivity index (χ2n) is 10.3. The number of carbonyl (C=O) groups is 2. The summed E-state index contributed by atoms with van der Waals surface area (Å²) >= 11 is 0. The van der Waals surface area contributed by atoms with Crippen molar-refractivity contribution in [3.05, 3.63) is 95.2 Å². The van der Waals surface area contributed by atoms with Crippen LogP contribution in [0.5, 0.6) is 11.5 Å². The van der Waals surface area contributed by atoms with Crippen molar-refractivity contribution in [3.8, 4) is 11.5 Å². The van der Waals surface area contributed by atoms with Gasteiger partial charge in [-0.3, -0.25) is 9.59 Å². The fourth-order valence-electron chi connectivity index (χ4n) is 4.92. The lowest BCUT2D eigenvalue weighted by atomic mass is 10.1. The third-order valence-corrected chi connectivity index (χ3v) is 7.37. The molecule has 0 aliphatic rings. The lowest BCUT2D eigenvalue weighted by Crippen LogP contribution is -2.43. The van der Waals surface area contributed by atoms with Crippen LogP contribution in [0, 0.1) is 0 Å². The average molecular weight is 596 g/mol. The highest BCUT2D eigenvalue weighted by molar-refractivity contribution is 5.99. The van der Waals surface area contributed by atoms with Gasteiger partial charge in [-0.05, 0) is 54.3 Å². The molecular formula is C33H36F3N3O4. The number of halogens is 3. The predicted molar refractivity (Wildman–Crippen MR) is 159 cm³/mol. The van der Waals surface area contributed by atoms with Crippen molar-refractivity contribution in [2.45, 2.75) is 38.9 Å². The summed E-state index contributed by atoms with van der Waals surface area (Å²) < 4.78 is 50.1. The number of unbranched alkanes of at least 4 members (excludes halogenated alkanes) is 1. The normalized spacial score (nSPS) is 11.4. The second-order valence-corrected chi connectivity index (χ2v) is 10.3. The lowest BCUT2D eigenvalue weighted by molar-refractivity contribution is -0.137. The molecule has 0 bridgehead atoms. The largest absolute Gasteiger partial charge is 0.497 e. The van der Waals surface area contributed by atoms with E-state index >= 15 is 0 Å². The van der Waals surface area contributed by atoms with Gasteiger partial charge in [-0.25, -0.2) is 0 Å². The Morgan fingerprint density at radius 3 is 2.33 bits per heavy atom. The van der Waals surface area contributed by atoms with Gasteiger partial charge < -0.3 is 24.3 Å². The van der Waals surface area contributed by atoms with Crippen molar-refractivity contribution in [2.24, 2.45) is 0 Å². The van der Waals surface area contributed by atoms with E-state index in [-0.39, 0.29) is 24.9 Å². The molecular weight excluding hydrogens is 559 g/mol. The van der Waals surface area contributed by atoms with Gasteiger partial charge in [0.25, 0.3) is 5.91 Å². The number of para-hydroxylation sites is 1. The van der Waals surface area contributed by atoms with Crippen molar-refractivity contribution in [2.75, 3.05) is 33.9 Å². The number of hydrogen-bond donors (Lipinski definition) is 1. The van der Waals surface area contributed by atoms with Crippen LogP contribution in [0.25, 0.3) is 10.9 Å². The fourth-order valence-corrected chi connectivity index (χ4v) is 4.92. The van der Waals surface area contributed by atoms with Crippen LogP contribution in [-0.4, -0.2) is 60.5 Å². The van der Waals surface area contributed by atoms with Crippen molar-refractivity contribution in [1.82, 2.24) is 14.8 Å². The molecule has 0 aliphatic carbocycles. The molecule has 7 nitrogen and oxygen atoms in total. The number of fused-ring (bicyclic) bond motifs is 1. The van der Waals surface area contributed by atoms with Crippen molar-refractivity contribution < 1.29 is 32.2 Å². The molecule has 1 heterocycles. The molecule has 0 radical (unpaired) electrons. The van der Waals surface area contributed by atoms with E-state index in [0.717, 1.165) is 35.0 Å². The van der Waals surface area contributed by atoms with Crippen LogP contribution < -0.4 is 9.47 Å². The van der Waals surface area contributed by atoms with Gasteiger partial charge in [0.1, 0.15) is 18.0 Å². The Kier molecular flexibility index (Phi) is 10.3. The zero-order valence-electron chi connectivity index (χ0n) is 24.5. The monoisotopic (exact) mass is 595 g/mol. The first-order valence-corrected chi connectivity index (χ1v) is 14.1. The maximum Gasteiger partial charge on any atom is 0.416 e. The van der Waals surface area contributed by atoms with Gasteiger partial charge in [0.15, 0.2) is 0 Å². The number of nitrogens with one attached hydrogen (secondary N) is 1. The number of amides is 2. The Bertz CT molecular complexity index is 1530. The van der Waals surface area contributed by atoms with E-state index in [9.17, 15) is 22.8 Å². The summed E-state index contributed by atoms with van der Waals surface area (Å²) in [4.78, 5) is 33.9. The van der Waals surface area contributed by atoms with Crippen LogP contribution in [0.4, 0.5) is 13.2 Å². The molecule has 1 N–H and O–H groups in total. The Balaban J connectivity index is 1.59. The number of hydrogen-bond acceptors (Lipinski definition) is 4. The van der Waals surface area contributed by atoms with Crippen molar-refractivity contribution in [3.63, 3.8) is 0 Å². The van der Waals surface area contributed by atoms with Gasteiger partial charge in [0.05, 0.1) is 25.3 Å². The van der Waals surface area contributed by atoms with Crippen LogP contribution in [0.2, 0.25) is 0 Å². The molecule has 4 rings (SSSR count). The van der Waals surface area contributed by atoms with Crippen molar-refractivity contribution in [1.29, 1.82) is 0 Å². The number of rotatable bonds is 13. The van der Waals surface area contributed by atoms with Crippen LogP contribution >= 0.6 is 0 Å². The molecule has 1 aromatic heterocycles. The van der Waals surface area contributed by atoms with Crippen LogP contribution in [-0.2, 0) is 23.9 Å². The van der Waals surface area contributed by atoms with E-state index in [1.165, 1.54) is 31.3 Å². The van der Waals surface area contributed by atoms with E-state index < -0.39 is 11.7 Å². The van der Waals surface area contributed by atoms with Gasteiger partial charge in [0, 0.05) is 42.8 Å². The first-order valence-electron chi connectivity index (χ1n) is 14.1. The molecule has 0 aliphatic heterocycles. The standard InChI is InChI=1S/C33H36F3N3O4/c1-4-5-17-39(32(41)28-15-14-26(42-2)19-30(28)43-3)22-31(40)38(21-23-10-12-25(13-11-23)33(34,35)36)18-16-24-20-37-29-9-7-6-8-27(24)29/h6-15,19-20,37H,4-5,16-18,21-22H2,1-3H3. The molecule has 0 fully saturated rings. The molecule has 3 aromatic carbocycles. The second kappa shape index (κ2) is 14.1. The van der Waals surface area contributed by atoms with Crippen LogP contribution in [0.1, 0.15) is 46.8 Å². The highest BCUT2D eigenvalue weighted by Crippen LogP contribution is 2.30. The number of carbonyl (C=O) groups excluding carboxylic acids is 2. The molecule has 0 saturated heterocycles. The molecule has 2 amide bonds. The number of aromatic nitrogens is 1. The average Bonchev–Trinajstić information content (AvgIpc) is 3.43. The van der Waals surface area contributed by atoms with E-state index in [1.54, 1.807) is 23.1 Å². The summed E-state index contributed by atoms with van der Waals surface area (Å²) in [5.41, 5.74) is 2.10. The Morgan fingerprint density at radius 2 is 1.65 bits per heavy atom. The summed E-state index contributed by atoms with van der Waals surface area (Å²) in [5, 5.41) is 1.04. The highest BCUT2D eigenvalue weighted by atomic mass is 19.4. The first kappa shape index (κ1) is 31.5. The minimum Gasteiger partial charge on any atom is -0.497 e. The maximum absolute atomic E-state index is 13.9. The maximum atomic E-state index is 13.9. The number of nitrogens with zero attached hydrogens (tertiary/aromatic N) is 2. The Hall–Kier alpha value is -4.47. The summed E-state index contributed by atoms with van der Waals surface area (Å²) in [5.74, 6) is 0.202. The van der Waals surface area contributed by atoms with Gasteiger partial charge in [-0.15, -0.1) is 0 Å².